The molecule has 0 saturated heterocycles. The number of fused-ring (bicyclic) bond motifs is 6. The molecule has 0 saturated carbocycles. The van der Waals surface area contributed by atoms with Gasteiger partial charge in [-0.2, -0.15) is 0 Å². The number of furan rings is 1. The number of hydrogen-bond donors (Lipinski definition) is 0. The minimum absolute atomic E-state index is 0.893. The topological polar surface area (TPSA) is 21.3 Å². The molecule has 11 aromatic carbocycles. The first-order chi connectivity index (χ1) is 34.7. The zero-order valence-electron chi connectivity index (χ0n) is 38.4. The zero-order chi connectivity index (χ0) is 46.4. The lowest BCUT2D eigenvalue weighted by Gasteiger charge is -2.35. The maximum absolute atomic E-state index is 6.59. The highest BCUT2D eigenvalue weighted by Gasteiger charge is 2.41. The molecule has 0 amide bonds. The van der Waals surface area contributed by atoms with E-state index in [0.29, 0.717) is 0 Å². The van der Waals surface area contributed by atoms with Crippen molar-refractivity contribution >= 4 is 89.6 Å². The fourth-order valence-electron chi connectivity index (χ4n) is 11.1. The minimum Gasteiger partial charge on any atom is -0.455 e. The summed E-state index contributed by atoms with van der Waals surface area (Å²) in [4.78, 5) is 2.40. The molecule has 3 nitrogen and oxygen atoms in total. The molecule has 2 heterocycles. The SMILES string of the molecule is c1ccc(-n2c3ccccc3c3c(-c4ccc(N(c5ccc([Si](c6ccccc6)(c6ccccc6)c6ccccc6)cc5)c5cccc(-c6cccc7c6oc6ccccc67)c5)cc4)cccc32)cc1. The van der Waals surface area contributed by atoms with Crippen LogP contribution in [0, 0.1) is 0 Å². The van der Waals surface area contributed by atoms with E-state index in [2.05, 4.69) is 282 Å². The van der Waals surface area contributed by atoms with Crippen LogP contribution in [0.3, 0.4) is 0 Å². The van der Waals surface area contributed by atoms with Crippen molar-refractivity contribution in [1.82, 2.24) is 4.57 Å². The van der Waals surface area contributed by atoms with E-state index in [1.54, 1.807) is 0 Å². The quantitative estimate of drug-likeness (QED) is 0.101. The van der Waals surface area contributed by atoms with Crippen molar-refractivity contribution in [2.75, 3.05) is 4.90 Å². The van der Waals surface area contributed by atoms with Crippen LogP contribution in [0.15, 0.2) is 283 Å². The van der Waals surface area contributed by atoms with E-state index < -0.39 is 8.07 Å². The zero-order valence-corrected chi connectivity index (χ0v) is 39.4. The highest BCUT2D eigenvalue weighted by molar-refractivity contribution is 7.19. The Morgan fingerprint density at radius 3 is 1.50 bits per heavy atom. The van der Waals surface area contributed by atoms with Gasteiger partial charge in [0.25, 0.3) is 0 Å². The van der Waals surface area contributed by atoms with Gasteiger partial charge in [0.2, 0.25) is 0 Å². The Bertz CT molecular complexity index is 3880. The van der Waals surface area contributed by atoms with Crippen molar-refractivity contribution in [2.24, 2.45) is 0 Å². The van der Waals surface area contributed by atoms with Crippen LogP contribution in [-0.4, -0.2) is 12.6 Å². The number of rotatable bonds is 10. The van der Waals surface area contributed by atoms with Crippen LogP contribution in [0.1, 0.15) is 0 Å². The largest absolute Gasteiger partial charge is 0.455 e. The average molecular weight is 911 g/mol. The average Bonchev–Trinajstić information content (AvgIpc) is 3.99. The second kappa shape index (κ2) is 17.3. The van der Waals surface area contributed by atoms with Gasteiger partial charge in [-0.25, -0.2) is 0 Å². The van der Waals surface area contributed by atoms with Gasteiger partial charge in [0.15, 0.2) is 8.07 Å². The Hall–Kier alpha value is -8.96. The Kier molecular flexibility index (Phi) is 10.2. The van der Waals surface area contributed by atoms with Crippen molar-refractivity contribution < 1.29 is 4.42 Å². The van der Waals surface area contributed by atoms with Gasteiger partial charge < -0.3 is 13.9 Å². The molecule has 0 aliphatic rings. The number of benzene rings is 11. The van der Waals surface area contributed by atoms with E-state index in [9.17, 15) is 0 Å². The lowest BCUT2D eigenvalue weighted by molar-refractivity contribution is 0.670. The Balaban J connectivity index is 0.978. The predicted molar refractivity (Wildman–Crippen MR) is 297 cm³/mol. The maximum Gasteiger partial charge on any atom is 0.179 e. The summed E-state index contributed by atoms with van der Waals surface area (Å²) in [6.07, 6.45) is 0. The third-order valence-corrected chi connectivity index (χ3v) is 18.9. The van der Waals surface area contributed by atoms with Crippen molar-refractivity contribution in [3.63, 3.8) is 0 Å². The van der Waals surface area contributed by atoms with Crippen LogP contribution in [0.5, 0.6) is 0 Å². The third-order valence-electron chi connectivity index (χ3n) is 14.1. The fourth-order valence-corrected chi connectivity index (χ4v) is 15.8. The molecule has 330 valence electrons. The Morgan fingerprint density at radius 1 is 0.329 bits per heavy atom. The van der Waals surface area contributed by atoms with Crippen molar-refractivity contribution in [3.05, 3.63) is 279 Å². The van der Waals surface area contributed by atoms with E-state index >= 15 is 0 Å². The maximum atomic E-state index is 6.59. The monoisotopic (exact) mass is 910 g/mol. The molecule has 0 atom stereocenters. The fraction of sp³-hybridized carbons (Fsp3) is 0. The molecule has 0 N–H and O–H groups in total. The lowest BCUT2D eigenvalue weighted by Crippen LogP contribution is -2.74. The van der Waals surface area contributed by atoms with Crippen LogP contribution in [-0.2, 0) is 0 Å². The van der Waals surface area contributed by atoms with E-state index in [-0.39, 0.29) is 0 Å². The summed E-state index contributed by atoms with van der Waals surface area (Å²) >= 11 is 0. The first-order valence-electron chi connectivity index (χ1n) is 24.0. The molecule has 0 bridgehead atoms. The van der Waals surface area contributed by atoms with Crippen LogP contribution >= 0.6 is 0 Å². The summed E-state index contributed by atoms with van der Waals surface area (Å²) < 4.78 is 8.98. The Morgan fingerprint density at radius 2 is 0.829 bits per heavy atom. The van der Waals surface area contributed by atoms with Crippen LogP contribution in [0.4, 0.5) is 17.1 Å². The van der Waals surface area contributed by atoms with Gasteiger partial charge in [0.1, 0.15) is 11.2 Å². The molecule has 0 aliphatic heterocycles. The summed E-state index contributed by atoms with van der Waals surface area (Å²) in [5.74, 6) is 0. The molecule has 13 rings (SSSR count). The van der Waals surface area contributed by atoms with Crippen molar-refractivity contribution in [3.8, 4) is 27.9 Å². The van der Waals surface area contributed by atoms with Gasteiger partial charge >= 0.3 is 0 Å². The molecule has 0 unspecified atom stereocenters. The summed E-state index contributed by atoms with van der Waals surface area (Å²) in [6, 6.07) is 102. The highest BCUT2D eigenvalue weighted by Crippen LogP contribution is 2.42. The van der Waals surface area contributed by atoms with Gasteiger partial charge in [-0.3, -0.25) is 0 Å². The number of para-hydroxylation sites is 4. The number of aromatic nitrogens is 1. The van der Waals surface area contributed by atoms with Gasteiger partial charge in [0.05, 0.1) is 11.0 Å². The van der Waals surface area contributed by atoms with Crippen LogP contribution in [0.25, 0.3) is 71.7 Å². The number of hydrogen-bond acceptors (Lipinski definition) is 2. The van der Waals surface area contributed by atoms with Gasteiger partial charge in [-0.15, -0.1) is 0 Å². The molecule has 70 heavy (non-hydrogen) atoms. The van der Waals surface area contributed by atoms with Crippen LogP contribution in [0.2, 0.25) is 0 Å². The van der Waals surface area contributed by atoms with Crippen molar-refractivity contribution in [1.29, 1.82) is 0 Å². The van der Waals surface area contributed by atoms with Gasteiger partial charge in [-0.1, -0.05) is 212 Å². The first-order valence-corrected chi connectivity index (χ1v) is 26.0. The van der Waals surface area contributed by atoms with E-state index in [4.69, 9.17) is 4.42 Å². The Labute approximate surface area is 408 Å². The van der Waals surface area contributed by atoms with Crippen molar-refractivity contribution in [2.45, 2.75) is 0 Å². The van der Waals surface area contributed by atoms with E-state index in [1.807, 2.05) is 6.07 Å². The summed E-state index contributed by atoms with van der Waals surface area (Å²) in [6.45, 7) is 0. The number of nitrogens with zero attached hydrogens (tertiary/aromatic N) is 2. The molecule has 0 radical (unpaired) electrons. The summed E-state index contributed by atoms with van der Waals surface area (Å²) in [5.41, 5.74) is 13.0. The van der Waals surface area contributed by atoms with E-state index in [0.717, 1.165) is 61.4 Å². The highest BCUT2D eigenvalue weighted by atomic mass is 28.3. The molecule has 2 aromatic heterocycles. The summed E-state index contributed by atoms with van der Waals surface area (Å²) in [7, 11) is -2.75. The lowest BCUT2D eigenvalue weighted by atomic mass is 9.98. The molecule has 13 aromatic rings. The van der Waals surface area contributed by atoms with E-state index in [1.165, 1.54) is 48.1 Å². The standard InChI is InChI=1S/C66H46N2OSi/c1-5-21-49(22-6-1)68-62-35-15-13-31-61(62)65-57(32-19-36-63(65)68)47-38-40-50(41-39-47)67(52-23-17-20-48(46-52)58-33-18-34-60-59-30-14-16-37-64(59)69-66(58)60)51-42-44-56(45-43-51)70(53-24-7-2-8-25-53,54-26-9-3-10-27-54)55-28-11-4-12-29-55/h1-46H. The smallest absolute Gasteiger partial charge is 0.179 e. The second-order valence-electron chi connectivity index (χ2n) is 18.0. The minimum atomic E-state index is -2.75. The third kappa shape index (κ3) is 6.80. The molecule has 4 heteroatoms. The first kappa shape index (κ1) is 41.2. The second-order valence-corrected chi connectivity index (χ2v) is 21.8. The molecule has 0 fully saturated rings. The number of anilines is 3. The predicted octanol–water partition coefficient (Wildman–Crippen LogP) is 14.9. The van der Waals surface area contributed by atoms with Gasteiger partial charge in [0, 0.05) is 49.9 Å². The van der Waals surface area contributed by atoms with Crippen LogP contribution < -0.4 is 25.6 Å². The summed E-state index contributed by atoms with van der Waals surface area (Å²) in [5, 5.41) is 10.1. The normalized spacial score (nSPS) is 11.7. The molecule has 0 aliphatic carbocycles. The molecule has 0 spiro atoms. The van der Waals surface area contributed by atoms with Gasteiger partial charge in [-0.05, 0) is 104 Å². The molecular formula is C66H46N2OSi. The molecular weight excluding hydrogens is 865 g/mol.